The molecule has 5 rings (SSSR count). The van der Waals surface area contributed by atoms with Crippen molar-refractivity contribution in [3.63, 3.8) is 0 Å². The number of aromatic nitrogens is 2. The molecule has 2 aliphatic heterocycles. The van der Waals surface area contributed by atoms with Gasteiger partial charge in [0, 0.05) is 35.8 Å². The van der Waals surface area contributed by atoms with Crippen LogP contribution in [0.1, 0.15) is 0 Å². The molecule has 180 valence electrons. The Morgan fingerprint density at radius 3 is 2.65 bits per heavy atom. The first kappa shape index (κ1) is 23.5. The fourth-order valence-corrected chi connectivity index (χ4v) is 4.69. The Morgan fingerprint density at radius 1 is 1.06 bits per heavy atom. The third kappa shape index (κ3) is 4.30. The lowest BCUT2D eigenvalue weighted by Crippen LogP contribution is -2.35. The van der Waals surface area contributed by atoms with Crippen molar-refractivity contribution in [1.82, 2.24) is 9.97 Å². The normalized spacial score (nSPS) is 26.0. The molecule has 9 nitrogen and oxygen atoms in total. The molecule has 2 aromatic carbocycles. The van der Waals surface area contributed by atoms with Gasteiger partial charge in [-0.3, -0.25) is 0 Å². The SMILES string of the molecule is COc1cc2c(Nc3ccc(Br)c(Cl)c3)ncnc2cc1O[C@@H]1CO[C@H]2[C@H](OC)[C@@H](OC)O[C@H]21. The molecule has 2 aliphatic rings. The van der Waals surface area contributed by atoms with E-state index in [9.17, 15) is 0 Å². The van der Waals surface area contributed by atoms with Crippen molar-refractivity contribution in [2.24, 2.45) is 0 Å². The molecule has 5 atom stereocenters. The Morgan fingerprint density at radius 2 is 1.91 bits per heavy atom. The lowest BCUT2D eigenvalue weighted by atomic mass is 10.1. The van der Waals surface area contributed by atoms with E-state index < -0.39 is 6.29 Å². The largest absolute Gasteiger partial charge is 0.493 e. The average Bonchev–Trinajstić information content (AvgIpc) is 3.40. The van der Waals surface area contributed by atoms with E-state index in [2.05, 4.69) is 31.2 Å². The van der Waals surface area contributed by atoms with Crippen LogP contribution in [0.5, 0.6) is 11.5 Å². The number of methoxy groups -OCH3 is 3. The predicted octanol–water partition coefficient (Wildman–Crippen LogP) is 4.33. The number of benzene rings is 2. The Kier molecular flexibility index (Phi) is 6.79. The van der Waals surface area contributed by atoms with Crippen LogP contribution in [-0.2, 0) is 18.9 Å². The molecule has 0 aliphatic carbocycles. The number of nitrogens with one attached hydrogen (secondary N) is 1. The van der Waals surface area contributed by atoms with E-state index in [1.165, 1.54) is 6.33 Å². The summed E-state index contributed by atoms with van der Waals surface area (Å²) in [7, 11) is 4.77. The highest BCUT2D eigenvalue weighted by Gasteiger charge is 2.54. The molecule has 0 unspecified atom stereocenters. The fraction of sp³-hybridized carbons (Fsp3) is 0.391. The molecule has 0 amide bonds. The van der Waals surface area contributed by atoms with Crippen LogP contribution < -0.4 is 14.8 Å². The lowest BCUT2D eigenvalue weighted by molar-refractivity contribution is -0.171. The second-order valence-electron chi connectivity index (χ2n) is 7.86. The molecular weight excluding hydrogens is 530 g/mol. The zero-order valence-electron chi connectivity index (χ0n) is 18.7. The minimum Gasteiger partial charge on any atom is -0.493 e. The van der Waals surface area contributed by atoms with Gasteiger partial charge in [-0.25, -0.2) is 9.97 Å². The van der Waals surface area contributed by atoms with Crippen LogP contribution >= 0.6 is 27.5 Å². The summed E-state index contributed by atoms with van der Waals surface area (Å²) in [5.41, 5.74) is 1.48. The van der Waals surface area contributed by atoms with Crippen LogP contribution in [0.3, 0.4) is 0 Å². The molecule has 3 aromatic rings. The molecule has 1 N–H and O–H groups in total. The maximum Gasteiger partial charge on any atom is 0.186 e. The summed E-state index contributed by atoms with van der Waals surface area (Å²) in [4.78, 5) is 8.82. The molecule has 34 heavy (non-hydrogen) atoms. The number of halogens is 2. The molecule has 11 heteroatoms. The van der Waals surface area contributed by atoms with Crippen LogP contribution in [0, 0.1) is 0 Å². The molecule has 0 bridgehead atoms. The van der Waals surface area contributed by atoms with Crippen molar-refractivity contribution < 1.29 is 28.4 Å². The van der Waals surface area contributed by atoms with Crippen molar-refractivity contribution in [3.8, 4) is 11.5 Å². The van der Waals surface area contributed by atoms with E-state index in [4.69, 9.17) is 40.0 Å². The number of fused-ring (bicyclic) bond motifs is 2. The number of rotatable bonds is 7. The molecule has 0 spiro atoms. The Hall–Kier alpha value is -2.21. The zero-order chi connectivity index (χ0) is 23.8. The highest BCUT2D eigenvalue weighted by atomic mass is 79.9. The van der Waals surface area contributed by atoms with Gasteiger partial charge in [0.05, 0.1) is 24.3 Å². The van der Waals surface area contributed by atoms with E-state index in [1.807, 2.05) is 30.3 Å². The standard InChI is InChI=1S/C23H23BrClN3O6/c1-29-16-7-12-15(26-10-27-22(12)28-11-4-5-13(24)14(25)6-11)8-17(16)33-18-9-32-20-19(18)34-23(31-3)21(20)30-2/h4-8,10,18-21,23H,9H2,1-3H3,(H,26,27,28)/t18-,19+,20-,21+,23+/m1/s1. The molecule has 0 radical (unpaired) electrons. The molecule has 2 fully saturated rings. The molecular formula is C23H23BrClN3O6. The monoisotopic (exact) mass is 551 g/mol. The highest BCUT2D eigenvalue weighted by Crippen LogP contribution is 2.39. The van der Waals surface area contributed by atoms with Crippen molar-refractivity contribution >= 4 is 49.9 Å². The van der Waals surface area contributed by atoms with Gasteiger partial charge in [-0.15, -0.1) is 0 Å². The molecule has 3 heterocycles. The number of ether oxygens (including phenoxy) is 6. The van der Waals surface area contributed by atoms with Crippen LogP contribution in [0.25, 0.3) is 10.9 Å². The summed E-state index contributed by atoms with van der Waals surface area (Å²) in [5, 5.41) is 4.65. The summed E-state index contributed by atoms with van der Waals surface area (Å²) in [6.45, 7) is 0.355. The van der Waals surface area contributed by atoms with Gasteiger partial charge < -0.3 is 33.7 Å². The van der Waals surface area contributed by atoms with Gasteiger partial charge in [0.25, 0.3) is 0 Å². The summed E-state index contributed by atoms with van der Waals surface area (Å²) in [5.74, 6) is 1.67. The second kappa shape index (κ2) is 9.80. The minimum atomic E-state index is -0.515. The number of hydrogen-bond donors (Lipinski definition) is 1. The van der Waals surface area contributed by atoms with Gasteiger partial charge in [-0.1, -0.05) is 11.6 Å². The molecule has 0 saturated carbocycles. The first-order chi connectivity index (χ1) is 16.5. The van der Waals surface area contributed by atoms with Crippen molar-refractivity contribution in [2.75, 3.05) is 33.3 Å². The van der Waals surface area contributed by atoms with Gasteiger partial charge >= 0.3 is 0 Å². The molecule has 1 aromatic heterocycles. The number of anilines is 2. The minimum absolute atomic E-state index is 0.276. The van der Waals surface area contributed by atoms with Crippen molar-refractivity contribution in [1.29, 1.82) is 0 Å². The van der Waals surface area contributed by atoms with E-state index >= 15 is 0 Å². The smallest absolute Gasteiger partial charge is 0.186 e. The Labute approximate surface area is 209 Å². The quantitative estimate of drug-likeness (QED) is 0.460. The predicted molar refractivity (Wildman–Crippen MR) is 129 cm³/mol. The summed E-state index contributed by atoms with van der Waals surface area (Å²) >= 11 is 9.63. The Bertz CT molecular complexity index is 1200. The summed E-state index contributed by atoms with van der Waals surface area (Å²) in [6.07, 6.45) is -0.322. The third-order valence-corrected chi connectivity index (χ3v) is 7.14. The van der Waals surface area contributed by atoms with Gasteiger partial charge in [-0.05, 0) is 40.2 Å². The van der Waals surface area contributed by atoms with Gasteiger partial charge in [-0.2, -0.15) is 0 Å². The van der Waals surface area contributed by atoms with E-state index in [0.29, 0.717) is 34.5 Å². The first-order valence-corrected chi connectivity index (χ1v) is 11.7. The summed E-state index contributed by atoms with van der Waals surface area (Å²) in [6, 6.07) is 9.24. The number of hydrogen-bond acceptors (Lipinski definition) is 9. The van der Waals surface area contributed by atoms with Gasteiger partial charge in [0.1, 0.15) is 30.5 Å². The van der Waals surface area contributed by atoms with E-state index in [0.717, 1.165) is 15.5 Å². The van der Waals surface area contributed by atoms with Crippen LogP contribution in [0.15, 0.2) is 41.1 Å². The topological polar surface area (TPSA) is 93.2 Å². The first-order valence-electron chi connectivity index (χ1n) is 10.6. The van der Waals surface area contributed by atoms with Gasteiger partial charge in [0.2, 0.25) is 0 Å². The number of nitrogens with zero attached hydrogens (tertiary/aromatic N) is 2. The van der Waals surface area contributed by atoms with Crippen molar-refractivity contribution in [3.05, 3.63) is 46.2 Å². The van der Waals surface area contributed by atoms with Crippen LogP contribution in [0.2, 0.25) is 5.02 Å². The van der Waals surface area contributed by atoms with E-state index in [1.54, 1.807) is 21.3 Å². The highest BCUT2D eigenvalue weighted by molar-refractivity contribution is 9.10. The zero-order valence-corrected chi connectivity index (χ0v) is 21.0. The van der Waals surface area contributed by atoms with Gasteiger partial charge in [0.15, 0.2) is 23.9 Å². The maximum absolute atomic E-state index is 6.30. The summed E-state index contributed by atoms with van der Waals surface area (Å²) < 4.78 is 35.6. The maximum atomic E-state index is 6.30. The van der Waals surface area contributed by atoms with Crippen molar-refractivity contribution in [2.45, 2.75) is 30.7 Å². The second-order valence-corrected chi connectivity index (χ2v) is 9.12. The molecule has 2 saturated heterocycles. The lowest BCUT2D eigenvalue weighted by Gasteiger charge is -2.21. The third-order valence-electron chi connectivity index (χ3n) is 5.91. The van der Waals surface area contributed by atoms with Crippen LogP contribution in [0.4, 0.5) is 11.5 Å². The van der Waals surface area contributed by atoms with E-state index in [-0.39, 0.29) is 24.4 Å². The average molecular weight is 553 g/mol. The van der Waals surface area contributed by atoms with Crippen LogP contribution in [-0.4, -0.2) is 68.6 Å². The Balaban J connectivity index is 1.42. The fourth-order valence-electron chi connectivity index (χ4n) is 4.27.